The van der Waals surface area contributed by atoms with Gasteiger partial charge in [-0.3, -0.25) is 4.79 Å². The van der Waals surface area contributed by atoms with Crippen LogP contribution in [0.1, 0.15) is 30.1 Å². The summed E-state index contributed by atoms with van der Waals surface area (Å²) in [7, 11) is 0. The van der Waals surface area contributed by atoms with Gasteiger partial charge in [0, 0.05) is 24.2 Å². The van der Waals surface area contributed by atoms with E-state index < -0.39 is 5.82 Å². The summed E-state index contributed by atoms with van der Waals surface area (Å²) in [5.41, 5.74) is 5.92. The molecule has 1 fully saturated rings. The molecule has 110 valence electrons. The van der Waals surface area contributed by atoms with Crippen LogP contribution >= 0.6 is 15.9 Å². The van der Waals surface area contributed by atoms with Crippen molar-refractivity contribution in [2.75, 3.05) is 25.4 Å². The van der Waals surface area contributed by atoms with Gasteiger partial charge in [-0.2, -0.15) is 0 Å². The topological polar surface area (TPSA) is 55.6 Å². The zero-order chi connectivity index (χ0) is 14.7. The summed E-state index contributed by atoms with van der Waals surface area (Å²) in [4.78, 5) is 14.2. The lowest BCUT2D eigenvalue weighted by atomic mass is 10.1. The van der Waals surface area contributed by atoms with E-state index in [-0.39, 0.29) is 17.7 Å². The summed E-state index contributed by atoms with van der Waals surface area (Å²) in [6.07, 6.45) is 1.88. The first-order valence-corrected chi connectivity index (χ1v) is 7.47. The average molecular weight is 345 g/mol. The maximum Gasteiger partial charge on any atom is 0.255 e. The molecule has 20 heavy (non-hydrogen) atoms. The van der Waals surface area contributed by atoms with Crippen molar-refractivity contribution in [1.82, 2.24) is 4.90 Å². The highest BCUT2D eigenvalue weighted by atomic mass is 79.9. The van der Waals surface area contributed by atoms with E-state index in [1.54, 1.807) is 4.90 Å². The van der Waals surface area contributed by atoms with Gasteiger partial charge in [0.15, 0.2) is 0 Å². The molecule has 0 radical (unpaired) electrons. The molecule has 0 unspecified atom stereocenters. The Kier molecular flexibility index (Phi) is 4.99. The maximum absolute atomic E-state index is 13.3. The Bertz CT molecular complexity index is 502. The second kappa shape index (κ2) is 6.54. The number of halogens is 2. The number of ether oxygens (including phenoxy) is 1. The molecule has 0 saturated carbocycles. The number of carbonyl (C=O) groups is 1. The standard InChI is InChI=1S/C14H18BrFN2O2/c1-2-20-9-3-5-18(6-4-9)14(19)10-7-13(17)12(16)8-11(10)15/h7-9H,2-6,17H2,1H3. The largest absolute Gasteiger partial charge is 0.396 e. The van der Waals surface area contributed by atoms with Crippen LogP contribution in [0.15, 0.2) is 16.6 Å². The van der Waals surface area contributed by atoms with Gasteiger partial charge in [-0.1, -0.05) is 0 Å². The van der Waals surface area contributed by atoms with Crippen molar-refractivity contribution in [3.8, 4) is 0 Å². The number of hydrogen-bond donors (Lipinski definition) is 1. The number of carbonyl (C=O) groups excluding carboxylic acids is 1. The van der Waals surface area contributed by atoms with Gasteiger partial charge in [-0.25, -0.2) is 4.39 Å². The molecule has 4 nitrogen and oxygen atoms in total. The molecular formula is C14H18BrFN2O2. The van der Waals surface area contributed by atoms with Gasteiger partial charge >= 0.3 is 0 Å². The number of nitrogens with zero attached hydrogens (tertiary/aromatic N) is 1. The second-order valence-corrected chi connectivity index (χ2v) is 5.65. The molecule has 1 heterocycles. The molecule has 2 N–H and O–H groups in total. The molecule has 1 aromatic rings. The molecule has 0 aromatic heterocycles. The Morgan fingerprint density at radius 1 is 1.50 bits per heavy atom. The zero-order valence-corrected chi connectivity index (χ0v) is 13.0. The highest BCUT2D eigenvalue weighted by Gasteiger charge is 2.25. The number of nitrogen functional groups attached to an aromatic ring is 1. The molecule has 0 bridgehead atoms. The van der Waals surface area contributed by atoms with Gasteiger partial charge < -0.3 is 15.4 Å². The SMILES string of the molecule is CCOC1CCN(C(=O)c2cc(N)c(F)cc2Br)CC1. The minimum absolute atomic E-state index is 0.0132. The Balaban J connectivity index is 2.07. The lowest BCUT2D eigenvalue weighted by molar-refractivity contribution is 0.0146. The number of piperidine rings is 1. The van der Waals surface area contributed by atoms with Crippen LogP contribution in [0.5, 0.6) is 0 Å². The highest BCUT2D eigenvalue weighted by Crippen LogP contribution is 2.25. The van der Waals surface area contributed by atoms with Gasteiger partial charge in [0.1, 0.15) is 5.82 Å². The number of benzene rings is 1. The predicted molar refractivity (Wildman–Crippen MR) is 79.1 cm³/mol. The first-order valence-electron chi connectivity index (χ1n) is 6.68. The fraction of sp³-hybridized carbons (Fsp3) is 0.500. The van der Waals surface area contributed by atoms with E-state index in [0.29, 0.717) is 29.7 Å². The van der Waals surface area contributed by atoms with Crippen LogP contribution in [0.4, 0.5) is 10.1 Å². The Labute approximate surface area is 126 Å². The fourth-order valence-corrected chi connectivity index (χ4v) is 2.85. The highest BCUT2D eigenvalue weighted by molar-refractivity contribution is 9.10. The van der Waals surface area contributed by atoms with E-state index in [2.05, 4.69) is 15.9 Å². The third-order valence-electron chi connectivity index (χ3n) is 3.45. The van der Waals surface area contributed by atoms with Crippen molar-refractivity contribution in [2.45, 2.75) is 25.9 Å². The Morgan fingerprint density at radius 3 is 2.75 bits per heavy atom. The quantitative estimate of drug-likeness (QED) is 0.857. The third kappa shape index (κ3) is 3.30. The summed E-state index contributed by atoms with van der Waals surface area (Å²) in [6, 6.07) is 2.62. The van der Waals surface area contributed by atoms with Gasteiger partial charge in [0.05, 0.1) is 17.4 Å². The van der Waals surface area contributed by atoms with Crippen LogP contribution in [-0.2, 0) is 4.74 Å². The van der Waals surface area contributed by atoms with Crippen molar-refractivity contribution in [1.29, 1.82) is 0 Å². The van der Waals surface area contributed by atoms with Crippen molar-refractivity contribution >= 4 is 27.5 Å². The van der Waals surface area contributed by atoms with E-state index in [4.69, 9.17) is 10.5 Å². The van der Waals surface area contributed by atoms with Crippen molar-refractivity contribution in [2.24, 2.45) is 0 Å². The van der Waals surface area contributed by atoms with E-state index >= 15 is 0 Å². The summed E-state index contributed by atoms with van der Waals surface area (Å²) in [6.45, 7) is 3.95. The van der Waals surface area contributed by atoms with Crippen LogP contribution in [0.3, 0.4) is 0 Å². The molecule has 1 aliphatic rings. The van der Waals surface area contributed by atoms with E-state index in [0.717, 1.165) is 12.8 Å². The zero-order valence-electron chi connectivity index (χ0n) is 11.4. The molecule has 1 aromatic carbocycles. The summed E-state index contributed by atoms with van der Waals surface area (Å²) in [5.74, 6) is -0.651. The van der Waals surface area contributed by atoms with Crippen molar-refractivity contribution < 1.29 is 13.9 Å². The minimum Gasteiger partial charge on any atom is -0.396 e. The first kappa shape index (κ1) is 15.3. The van der Waals surface area contributed by atoms with Crippen LogP contribution in [0.2, 0.25) is 0 Å². The summed E-state index contributed by atoms with van der Waals surface area (Å²) in [5, 5.41) is 0. The smallest absolute Gasteiger partial charge is 0.255 e. The molecule has 0 atom stereocenters. The molecule has 1 saturated heterocycles. The van der Waals surface area contributed by atoms with Gasteiger partial charge in [0.2, 0.25) is 0 Å². The lowest BCUT2D eigenvalue weighted by Crippen LogP contribution is -2.41. The lowest BCUT2D eigenvalue weighted by Gasteiger charge is -2.32. The van der Waals surface area contributed by atoms with E-state index in [1.165, 1.54) is 12.1 Å². The van der Waals surface area contributed by atoms with Crippen molar-refractivity contribution in [3.05, 3.63) is 28.0 Å². The van der Waals surface area contributed by atoms with E-state index in [9.17, 15) is 9.18 Å². The van der Waals surface area contributed by atoms with E-state index in [1.807, 2.05) is 6.92 Å². The maximum atomic E-state index is 13.3. The minimum atomic E-state index is -0.525. The molecule has 2 rings (SSSR count). The molecule has 0 aliphatic carbocycles. The average Bonchev–Trinajstić information content (AvgIpc) is 2.43. The molecule has 0 spiro atoms. The third-order valence-corrected chi connectivity index (χ3v) is 4.10. The molecule has 1 aliphatic heterocycles. The fourth-order valence-electron chi connectivity index (χ4n) is 2.36. The summed E-state index contributed by atoms with van der Waals surface area (Å²) >= 11 is 3.22. The second-order valence-electron chi connectivity index (χ2n) is 4.80. The molecule has 6 heteroatoms. The van der Waals surface area contributed by atoms with Gasteiger partial charge in [-0.05, 0) is 47.8 Å². The monoisotopic (exact) mass is 344 g/mol. The first-order chi connectivity index (χ1) is 9.52. The number of nitrogens with two attached hydrogens (primary N) is 1. The van der Waals surface area contributed by atoms with Crippen LogP contribution in [0, 0.1) is 5.82 Å². The number of hydrogen-bond acceptors (Lipinski definition) is 3. The van der Waals surface area contributed by atoms with Crippen LogP contribution in [-0.4, -0.2) is 36.6 Å². The van der Waals surface area contributed by atoms with Gasteiger partial charge in [0.25, 0.3) is 5.91 Å². The number of rotatable bonds is 3. The normalized spacial score (nSPS) is 16.4. The summed E-state index contributed by atoms with van der Waals surface area (Å²) < 4.78 is 19.3. The van der Waals surface area contributed by atoms with Gasteiger partial charge in [-0.15, -0.1) is 0 Å². The number of likely N-dealkylation sites (tertiary alicyclic amines) is 1. The molecular weight excluding hydrogens is 327 g/mol. The Hall–Kier alpha value is -1.14. The number of amides is 1. The predicted octanol–water partition coefficient (Wildman–Crippen LogP) is 2.81. The van der Waals surface area contributed by atoms with Crippen LogP contribution < -0.4 is 5.73 Å². The van der Waals surface area contributed by atoms with Crippen LogP contribution in [0.25, 0.3) is 0 Å². The number of anilines is 1. The molecule has 1 amide bonds. The Morgan fingerprint density at radius 2 is 2.15 bits per heavy atom. The van der Waals surface area contributed by atoms with Crippen molar-refractivity contribution in [3.63, 3.8) is 0 Å².